The molecule has 4 nitrogen and oxygen atoms in total. The maximum atomic E-state index is 5.30. The van der Waals surface area contributed by atoms with E-state index in [0.717, 1.165) is 44.9 Å². The molecule has 0 aromatic rings. The fourth-order valence-electron chi connectivity index (χ4n) is 3.43. The molecule has 22 heavy (non-hydrogen) atoms. The van der Waals surface area contributed by atoms with Crippen LogP contribution < -0.4 is 10.6 Å². The first-order valence-corrected chi connectivity index (χ1v) is 8.47. The van der Waals surface area contributed by atoms with Gasteiger partial charge in [-0.3, -0.25) is 4.99 Å². The summed E-state index contributed by atoms with van der Waals surface area (Å²) in [6.45, 7) is 4.81. The van der Waals surface area contributed by atoms with Gasteiger partial charge in [0.2, 0.25) is 0 Å². The maximum Gasteiger partial charge on any atom is 0.191 e. The van der Waals surface area contributed by atoms with Crippen molar-refractivity contribution in [2.24, 2.45) is 10.4 Å². The molecule has 0 unspecified atom stereocenters. The van der Waals surface area contributed by atoms with E-state index in [1.165, 1.54) is 25.7 Å². The van der Waals surface area contributed by atoms with Gasteiger partial charge < -0.3 is 15.4 Å². The number of ether oxygens (including phenoxy) is 1. The predicted molar refractivity (Wildman–Crippen MR) is 104 cm³/mol. The molecule has 1 saturated carbocycles. The normalized spacial score (nSPS) is 20.9. The topological polar surface area (TPSA) is 45.7 Å². The lowest BCUT2D eigenvalue weighted by atomic mass is 9.83. The summed E-state index contributed by atoms with van der Waals surface area (Å²) in [5, 5.41) is 6.95. The van der Waals surface area contributed by atoms with Crippen molar-refractivity contribution in [3.8, 4) is 0 Å². The molecule has 0 aliphatic heterocycles. The Balaban J connectivity index is 0.00000242. The molecular weight excluding hydrogens is 389 g/mol. The third-order valence-electron chi connectivity index (χ3n) is 4.77. The lowest BCUT2D eigenvalue weighted by Gasteiger charge is -2.27. The molecule has 0 aromatic heterocycles. The van der Waals surface area contributed by atoms with Gasteiger partial charge in [0.15, 0.2) is 5.96 Å². The average molecular weight is 421 g/mol. The van der Waals surface area contributed by atoms with Crippen molar-refractivity contribution in [3.63, 3.8) is 0 Å². The van der Waals surface area contributed by atoms with E-state index < -0.39 is 0 Å². The highest BCUT2D eigenvalue weighted by molar-refractivity contribution is 14.0. The van der Waals surface area contributed by atoms with Crippen molar-refractivity contribution < 1.29 is 4.74 Å². The van der Waals surface area contributed by atoms with Gasteiger partial charge in [-0.15, -0.1) is 24.0 Å². The van der Waals surface area contributed by atoms with E-state index in [4.69, 9.17) is 9.73 Å². The minimum atomic E-state index is 0. The molecule has 0 heterocycles. The third-order valence-corrected chi connectivity index (χ3v) is 4.77. The lowest BCUT2D eigenvalue weighted by molar-refractivity contribution is 0.141. The maximum absolute atomic E-state index is 5.30. The minimum absolute atomic E-state index is 0. The van der Waals surface area contributed by atoms with Gasteiger partial charge in [0.25, 0.3) is 0 Å². The SMILES string of the molecule is CCNC(=NCC1(CCOC)CCCC1)NC1CC=CC1.I. The molecule has 5 heteroatoms. The van der Waals surface area contributed by atoms with Crippen LogP contribution in [0, 0.1) is 5.41 Å². The molecule has 0 atom stereocenters. The number of methoxy groups -OCH3 is 1. The molecule has 2 aliphatic rings. The van der Waals surface area contributed by atoms with Crippen molar-refractivity contribution in [2.45, 2.75) is 57.9 Å². The third kappa shape index (κ3) is 6.07. The van der Waals surface area contributed by atoms with E-state index in [0.29, 0.717) is 11.5 Å². The van der Waals surface area contributed by atoms with Crippen LogP contribution in [0.2, 0.25) is 0 Å². The summed E-state index contributed by atoms with van der Waals surface area (Å²) in [6.07, 6.45) is 13.1. The Labute approximate surface area is 152 Å². The Bertz CT molecular complexity index is 357. The van der Waals surface area contributed by atoms with Gasteiger partial charge >= 0.3 is 0 Å². The van der Waals surface area contributed by atoms with Crippen LogP contribution in [-0.2, 0) is 4.74 Å². The predicted octanol–water partition coefficient (Wildman–Crippen LogP) is 3.48. The number of hydrogen-bond acceptors (Lipinski definition) is 2. The van der Waals surface area contributed by atoms with Crippen LogP contribution in [0.25, 0.3) is 0 Å². The van der Waals surface area contributed by atoms with E-state index in [1.54, 1.807) is 7.11 Å². The molecule has 0 aromatic carbocycles. The molecule has 0 radical (unpaired) electrons. The summed E-state index contributed by atoms with van der Waals surface area (Å²) < 4.78 is 5.30. The molecule has 2 rings (SSSR count). The van der Waals surface area contributed by atoms with Crippen LogP contribution in [0.15, 0.2) is 17.1 Å². The number of nitrogens with one attached hydrogen (secondary N) is 2. The quantitative estimate of drug-likeness (QED) is 0.286. The average Bonchev–Trinajstić information content (AvgIpc) is 3.15. The Morgan fingerprint density at radius 1 is 1.27 bits per heavy atom. The summed E-state index contributed by atoms with van der Waals surface area (Å²) in [4.78, 5) is 4.90. The smallest absolute Gasteiger partial charge is 0.191 e. The summed E-state index contributed by atoms with van der Waals surface area (Å²) in [6, 6.07) is 0.515. The Morgan fingerprint density at radius 3 is 2.55 bits per heavy atom. The molecule has 2 aliphatic carbocycles. The van der Waals surface area contributed by atoms with Crippen LogP contribution in [0.5, 0.6) is 0 Å². The van der Waals surface area contributed by atoms with E-state index >= 15 is 0 Å². The van der Waals surface area contributed by atoms with Crippen LogP contribution in [0.3, 0.4) is 0 Å². The van der Waals surface area contributed by atoms with E-state index in [2.05, 4.69) is 29.7 Å². The highest BCUT2D eigenvalue weighted by Gasteiger charge is 2.33. The summed E-state index contributed by atoms with van der Waals surface area (Å²) >= 11 is 0. The van der Waals surface area contributed by atoms with Crippen molar-refractivity contribution >= 4 is 29.9 Å². The first-order chi connectivity index (χ1) is 10.3. The van der Waals surface area contributed by atoms with E-state index in [1.807, 2.05) is 0 Å². The largest absolute Gasteiger partial charge is 0.385 e. The first kappa shape index (κ1) is 19.7. The Hall–Kier alpha value is -0.300. The van der Waals surface area contributed by atoms with E-state index in [-0.39, 0.29) is 24.0 Å². The highest BCUT2D eigenvalue weighted by Crippen LogP contribution is 2.41. The molecular formula is C17H32IN3O. The van der Waals surface area contributed by atoms with Gasteiger partial charge in [-0.25, -0.2) is 0 Å². The second kappa shape index (κ2) is 10.5. The number of rotatable bonds is 7. The van der Waals surface area contributed by atoms with E-state index in [9.17, 15) is 0 Å². The second-order valence-corrected chi connectivity index (χ2v) is 6.43. The standard InChI is InChI=1S/C17H31N3O.HI/c1-3-18-16(20-15-8-4-5-9-15)19-14-17(12-13-21-2)10-6-7-11-17;/h4-5,15H,3,6-14H2,1-2H3,(H2,18,19,20);1H. The number of nitrogens with zero attached hydrogens (tertiary/aromatic N) is 1. The summed E-state index contributed by atoms with van der Waals surface area (Å²) in [5.41, 5.74) is 0.367. The highest BCUT2D eigenvalue weighted by atomic mass is 127. The number of aliphatic imine (C=N–C) groups is 1. The van der Waals surface area contributed by atoms with Crippen LogP contribution >= 0.6 is 24.0 Å². The van der Waals surface area contributed by atoms with Gasteiger partial charge in [0, 0.05) is 32.8 Å². The zero-order chi connectivity index (χ0) is 15.0. The zero-order valence-electron chi connectivity index (χ0n) is 14.1. The molecule has 128 valence electrons. The van der Waals surface area contributed by atoms with Crippen LogP contribution in [0.1, 0.15) is 51.9 Å². The molecule has 0 amide bonds. The number of guanidine groups is 1. The van der Waals surface area contributed by atoms with Crippen molar-refractivity contribution in [3.05, 3.63) is 12.2 Å². The van der Waals surface area contributed by atoms with Crippen molar-refractivity contribution in [1.29, 1.82) is 0 Å². The molecule has 0 bridgehead atoms. The van der Waals surface area contributed by atoms with Gasteiger partial charge in [0.05, 0.1) is 0 Å². The first-order valence-electron chi connectivity index (χ1n) is 8.47. The van der Waals surface area contributed by atoms with Gasteiger partial charge in [0.1, 0.15) is 0 Å². The fraction of sp³-hybridized carbons (Fsp3) is 0.824. The second-order valence-electron chi connectivity index (χ2n) is 6.43. The molecule has 1 fully saturated rings. The Kier molecular flexibility index (Phi) is 9.40. The van der Waals surface area contributed by atoms with Crippen molar-refractivity contribution in [2.75, 3.05) is 26.8 Å². The summed E-state index contributed by atoms with van der Waals surface area (Å²) in [5.74, 6) is 0.981. The summed E-state index contributed by atoms with van der Waals surface area (Å²) in [7, 11) is 1.80. The molecule has 2 N–H and O–H groups in total. The lowest BCUT2D eigenvalue weighted by Crippen LogP contribution is -2.43. The Morgan fingerprint density at radius 2 is 1.95 bits per heavy atom. The van der Waals surface area contributed by atoms with Crippen LogP contribution in [-0.4, -0.2) is 38.8 Å². The fourth-order valence-corrected chi connectivity index (χ4v) is 3.43. The minimum Gasteiger partial charge on any atom is -0.385 e. The van der Waals surface area contributed by atoms with Gasteiger partial charge in [-0.1, -0.05) is 25.0 Å². The molecule has 0 spiro atoms. The monoisotopic (exact) mass is 421 g/mol. The van der Waals surface area contributed by atoms with Gasteiger partial charge in [-0.05, 0) is 44.4 Å². The number of hydrogen-bond donors (Lipinski definition) is 2. The van der Waals surface area contributed by atoms with Crippen molar-refractivity contribution in [1.82, 2.24) is 10.6 Å². The van der Waals surface area contributed by atoms with Gasteiger partial charge in [-0.2, -0.15) is 0 Å². The van der Waals surface area contributed by atoms with Crippen LogP contribution in [0.4, 0.5) is 0 Å². The zero-order valence-corrected chi connectivity index (χ0v) is 16.4. The number of halogens is 1. The molecule has 0 saturated heterocycles.